The van der Waals surface area contributed by atoms with Crippen LogP contribution in [-0.4, -0.2) is 64.1 Å². The first-order valence-corrected chi connectivity index (χ1v) is 13.1. The van der Waals surface area contributed by atoms with Crippen LogP contribution in [0.25, 0.3) is 22.2 Å². The van der Waals surface area contributed by atoms with Crippen molar-refractivity contribution < 1.29 is 19.1 Å². The van der Waals surface area contributed by atoms with Crippen LogP contribution in [-0.2, 0) is 16.0 Å². The van der Waals surface area contributed by atoms with Crippen LogP contribution in [0.2, 0.25) is 0 Å². The Hall–Kier alpha value is -3.23. The molecule has 0 spiro atoms. The van der Waals surface area contributed by atoms with Gasteiger partial charge in [-0.3, -0.25) is 9.59 Å². The summed E-state index contributed by atoms with van der Waals surface area (Å²) in [6.07, 6.45) is 0.204. The van der Waals surface area contributed by atoms with Crippen LogP contribution in [0.1, 0.15) is 39.7 Å². The van der Waals surface area contributed by atoms with Gasteiger partial charge >= 0.3 is 0 Å². The van der Waals surface area contributed by atoms with Crippen LogP contribution >= 0.6 is 0 Å². The summed E-state index contributed by atoms with van der Waals surface area (Å²) < 4.78 is 13.6. The molecule has 3 aromatic rings. The highest BCUT2D eigenvalue weighted by Crippen LogP contribution is 2.34. The molecule has 4 N–H and O–H groups in total. The topological polar surface area (TPSA) is 97.5 Å². The summed E-state index contributed by atoms with van der Waals surface area (Å²) in [5.41, 5.74) is 3.59. The number of H-pyrrole nitrogens is 1. The first kappa shape index (κ1) is 26.8. The SMILES string of the molecule is CCN[C@@H](C)C(=O)N[C@H](C(=O)N1CCC(O)[C@@H]1Cc1c(-c2ccc(F)cc2)[nH]c2ccccc12)C(C)C. The van der Waals surface area contributed by atoms with E-state index in [1.54, 1.807) is 24.0 Å². The summed E-state index contributed by atoms with van der Waals surface area (Å²) in [7, 11) is 0. The van der Waals surface area contributed by atoms with E-state index in [-0.39, 0.29) is 23.5 Å². The number of rotatable bonds is 9. The second-order valence-electron chi connectivity index (χ2n) is 10.2. The number of amides is 2. The summed E-state index contributed by atoms with van der Waals surface area (Å²) in [5, 5.41) is 18.0. The van der Waals surface area contributed by atoms with E-state index in [2.05, 4.69) is 15.6 Å². The van der Waals surface area contributed by atoms with Gasteiger partial charge in [0, 0.05) is 23.1 Å². The predicted octanol–water partition coefficient (Wildman–Crippen LogP) is 3.62. The third-order valence-corrected chi connectivity index (χ3v) is 7.29. The Morgan fingerprint density at radius 3 is 2.51 bits per heavy atom. The summed E-state index contributed by atoms with van der Waals surface area (Å²) in [6.45, 7) is 8.59. The van der Waals surface area contributed by atoms with Crippen LogP contribution in [0.3, 0.4) is 0 Å². The third-order valence-electron chi connectivity index (χ3n) is 7.29. The zero-order valence-corrected chi connectivity index (χ0v) is 21.9. The fourth-order valence-electron chi connectivity index (χ4n) is 5.21. The molecule has 4 atom stereocenters. The number of fused-ring (bicyclic) bond motifs is 1. The number of carbonyl (C=O) groups is 2. The van der Waals surface area contributed by atoms with E-state index in [9.17, 15) is 19.1 Å². The lowest BCUT2D eigenvalue weighted by molar-refractivity contribution is -0.139. The monoisotopic (exact) mass is 508 g/mol. The van der Waals surface area contributed by atoms with E-state index in [1.165, 1.54) is 12.1 Å². The average molecular weight is 509 g/mol. The van der Waals surface area contributed by atoms with E-state index in [4.69, 9.17) is 0 Å². The number of nitrogens with one attached hydrogen (secondary N) is 3. The van der Waals surface area contributed by atoms with Gasteiger partial charge in [0.15, 0.2) is 0 Å². The molecule has 0 radical (unpaired) electrons. The third kappa shape index (κ3) is 5.70. The van der Waals surface area contributed by atoms with E-state index in [1.807, 2.05) is 45.0 Å². The summed E-state index contributed by atoms with van der Waals surface area (Å²) >= 11 is 0. The second-order valence-corrected chi connectivity index (χ2v) is 10.2. The van der Waals surface area contributed by atoms with Gasteiger partial charge in [0.25, 0.3) is 0 Å². The lowest BCUT2D eigenvalue weighted by atomic mass is 9.95. The van der Waals surface area contributed by atoms with E-state index < -0.39 is 24.2 Å². The van der Waals surface area contributed by atoms with E-state index in [0.717, 1.165) is 27.7 Å². The molecule has 1 aliphatic heterocycles. The molecule has 0 bridgehead atoms. The molecule has 2 heterocycles. The Kier molecular flexibility index (Phi) is 8.29. The fraction of sp³-hybridized carbons (Fsp3) is 0.448. The molecular weight excluding hydrogens is 471 g/mol. The number of carbonyl (C=O) groups excluding carboxylic acids is 2. The first-order chi connectivity index (χ1) is 17.7. The zero-order chi connectivity index (χ0) is 26.7. The van der Waals surface area contributed by atoms with E-state index in [0.29, 0.717) is 25.9 Å². The van der Waals surface area contributed by atoms with Gasteiger partial charge in [0.1, 0.15) is 11.9 Å². The maximum absolute atomic E-state index is 13.8. The number of aliphatic hydroxyl groups is 1. The van der Waals surface area contributed by atoms with Gasteiger partial charge in [-0.2, -0.15) is 0 Å². The van der Waals surface area contributed by atoms with Crippen molar-refractivity contribution in [2.45, 2.75) is 64.8 Å². The second kappa shape index (κ2) is 11.4. The Bertz CT molecular complexity index is 1240. The highest BCUT2D eigenvalue weighted by molar-refractivity contribution is 5.92. The minimum absolute atomic E-state index is 0.119. The van der Waals surface area contributed by atoms with Crippen LogP contribution in [0.4, 0.5) is 4.39 Å². The normalized spacial score (nSPS) is 19.4. The lowest BCUT2D eigenvalue weighted by Gasteiger charge is -2.32. The Morgan fingerprint density at radius 2 is 1.84 bits per heavy atom. The van der Waals surface area contributed by atoms with Crippen molar-refractivity contribution in [3.8, 4) is 11.3 Å². The highest BCUT2D eigenvalue weighted by atomic mass is 19.1. The molecule has 2 amide bonds. The van der Waals surface area contributed by atoms with Gasteiger partial charge in [-0.25, -0.2) is 4.39 Å². The quantitative estimate of drug-likeness (QED) is 0.355. The smallest absolute Gasteiger partial charge is 0.245 e. The van der Waals surface area contributed by atoms with E-state index >= 15 is 0 Å². The molecule has 1 aliphatic rings. The Morgan fingerprint density at radius 1 is 1.14 bits per heavy atom. The molecule has 1 saturated heterocycles. The molecule has 1 unspecified atom stereocenters. The molecule has 0 saturated carbocycles. The Labute approximate surface area is 217 Å². The maximum atomic E-state index is 13.8. The number of hydrogen-bond donors (Lipinski definition) is 4. The van der Waals surface area contributed by atoms with Crippen LogP contribution in [0, 0.1) is 11.7 Å². The van der Waals surface area contributed by atoms with Gasteiger partial charge < -0.3 is 25.6 Å². The number of benzene rings is 2. The largest absolute Gasteiger partial charge is 0.391 e. The minimum atomic E-state index is -0.694. The first-order valence-electron chi connectivity index (χ1n) is 13.1. The molecule has 198 valence electrons. The molecule has 2 aromatic carbocycles. The van der Waals surface area contributed by atoms with Crippen LogP contribution < -0.4 is 10.6 Å². The maximum Gasteiger partial charge on any atom is 0.245 e. The fourth-order valence-corrected chi connectivity index (χ4v) is 5.21. The number of aromatic nitrogens is 1. The van der Waals surface area contributed by atoms with Gasteiger partial charge in [-0.15, -0.1) is 0 Å². The molecule has 1 fully saturated rings. The molecule has 4 rings (SSSR count). The number of halogens is 1. The highest BCUT2D eigenvalue weighted by Gasteiger charge is 2.40. The number of para-hydroxylation sites is 1. The van der Waals surface area contributed by atoms with Gasteiger partial charge in [0.05, 0.1) is 18.2 Å². The number of nitrogens with zero attached hydrogens (tertiary/aromatic N) is 1. The number of aromatic amines is 1. The van der Waals surface area contributed by atoms with Gasteiger partial charge in [-0.05, 0) is 73.7 Å². The number of aliphatic hydroxyl groups excluding tert-OH is 1. The average Bonchev–Trinajstić information content (AvgIpc) is 3.43. The summed E-state index contributed by atoms with van der Waals surface area (Å²) in [5.74, 6) is -0.835. The number of likely N-dealkylation sites (tertiary alicyclic amines) is 1. The number of hydrogen-bond acceptors (Lipinski definition) is 4. The molecule has 1 aromatic heterocycles. The van der Waals surface area contributed by atoms with Crippen molar-refractivity contribution in [3.05, 3.63) is 59.9 Å². The molecule has 7 nitrogen and oxygen atoms in total. The van der Waals surface area contributed by atoms with Gasteiger partial charge in [-0.1, -0.05) is 39.0 Å². The molecule has 0 aliphatic carbocycles. The predicted molar refractivity (Wildman–Crippen MR) is 143 cm³/mol. The van der Waals surface area contributed by atoms with Crippen molar-refractivity contribution in [3.63, 3.8) is 0 Å². The van der Waals surface area contributed by atoms with Crippen molar-refractivity contribution in [2.24, 2.45) is 5.92 Å². The minimum Gasteiger partial charge on any atom is -0.391 e. The van der Waals surface area contributed by atoms with Crippen molar-refractivity contribution in [1.82, 2.24) is 20.5 Å². The lowest BCUT2D eigenvalue weighted by Crippen LogP contribution is -2.56. The summed E-state index contributed by atoms with van der Waals surface area (Å²) in [4.78, 5) is 31.7. The molecule has 8 heteroatoms. The zero-order valence-electron chi connectivity index (χ0n) is 21.9. The summed E-state index contributed by atoms with van der Waals surface area (Å²) in [6, 6.07) is 12.7. The Balaban J connectivity index is 1.65. The van der Waals surface area contributed by atoms with Crippen molar-refractivity contribution >= 4 is 22.7 Å². The van der Waals surface area contributed by atoms with Crippen LogP contribution in [0.15, 0.2) is 48.5 Å². The molecular formula is C29H37FN4O3. The van der Waals surface area contributed by atoms with Crippen LogP contribution in [0.5, 0.6) is 0 Å². The standard InChI is InChI=1S/C29H37FN4O3/c1-5-31-18(4)28(36)33-26(17(2)3)29(37)34-15-14-25(35)24(34)16-22-21-8-6-7-9-23(21)32-27(22)19-10-12-20(30)13-11-19/h6-13,17-18,24-26,31-32,35H,5,14-16H2,1-4H3,(H,33,36)/t18-,24-,25?,26-/m0/s1. The van der Waals surface area contributed by atoms with Gasteiger partial charge in [0.2, 0.25) is 11.8 Å². The van der Waals surface area contributed by atoms with Crippen molar-refractivity contribution in [1.29, 1.82) is 0 Å². The molecule has 37 heavy (non-hydrogen) atoms. The van der Waals surface area contributed by atoms with Crippen molar-refractivity contribution in [2.75, 3.05) is 13.1 Å². The number of likely N-dealkylation sites (N-methyl/N-ethyl adjacent to an activating group) is 1.